The lowest BCUT2D eigenvalue weighted by atomic mass is 10.0. The van der Waals surface area contributed by atoms with Crippen molar-refractivity contribution >= 4 is 45.1 Å². The van der Waals surface area contributed by atoms with E-state index in [0.717, 1.165) is 41.1 Å². The van der Waals surface area contributed by atoms with Gasteiger partial charge in [0.1, 0.15) is 0 Å². The van der Waals surface area contributed by atoms with Crippen LogP contribution in [-0.2, 0) is 16.1 Å². The molecule has 1 aliphatic heterocycles. The molecule has 1 saturated heterocycles. The van der Waals surface area contributed by atoms with Gasteiger partial charge in [-0.2, -0.15) is 4.99 Å². The number of carbonyl (C=O) groups is 2. The molecule has 2 amide bonds. The Kier molecular flexibility index (Phi) is 6.53. The molecule has 5 nitrogen and oxygen atoms in total. The zero-order valence-corrected chi connectivity index (χ0v) is 16.9. The maximum absolute atomic E-state index is 12.3. The molecular weight excluding hydrogens is 366 g/mol. The van der Waals surface area contributed by atoms with Gasteiger partial charge in [0.05, 0.1) is 21.7 Å². The SMILES string of the molecule is CCn1c(=NC(=O)CSCC(=O)N2CCCC(C)C2)sc2ccccc21. The first-order chi connectivity index (χ1) is 12.6. The van der Waals surface area contributed by atoms with E-state index in [9.17, 15) is 9.59 Å². The lowest BCUT2D eigenvalue weighted by Gasteiger charge is -2.30. The number of thiazole rings is 1. The molecule has 2 aromatic rings. The topological polar surface area (TPSA) is 54.7 Å². The van der Waals surface area contributed by atoms with Gasteiger partial charge >= 0.3 is 0 Å². The molecule has 26 heavy (non-hydrogen) atoms. The summed E-state index contributed by atoms with van der Waals surface area (Å²) in [6.07, 6.45) is 2.27. The Morgan fingerprint density at radius 3 is 2.88 bits per heavy atom. The number of benzene rings is 1. The molecule has 0 radical (unpaired) electrons. The Balaban J connectivity index is 1.59. The smallest absolute Gasteiger partial charge is 0.258 e. The van der Waals surface area contributed by atoms with Crippen LogP contribution in [0.3, 0.4) is 0 Å². The van der Waals surface area contributed by atoms with Gasteiger partial charge in [0.2, 0.25) is 5.91 Å². The number of hydrogen-bond acceptors (Lipinski definition) is 4. The van der Waals surface area contributed by atoms with Gasteiger partial charge in [-0.3, -0.25) is 9.59 Å². The third-order valence-electron chi connectivity index (χ3n) is 4.59. The van der Waals surface area contributed by atoms with Gasteiger partial charge in [0.25, 0.3) is 5.91 Å². The number of para-hydroxylation sites is 1. The van der Waals surface area contributed by atoms with Crippen molar-refractivity contribution in [2.24, 2.45) is 10.9 Å². The highest BCUT2D eigenvalue weighted by Crippen LogP contribution is 2.18. The molecular formula is C19H25N3O2S2. The van der Waals surface area contributed by atoms with Crippen molar-refractivity contribution in [3.63, 3.8) is 0 Å². The molecule has 140 valence electrons. The highest BCUT2D eigenvalue weighted by atomic mass is 32.2. The second kappa shape index (κ2) is 8.86. The van der Waals surface area contributed by atoms with Crippen LogP contribution in [0.5, 0.6) is 0 Å². The van der Waals surface area contributed by atoms with Crippen molar-refractivity contribution in [1.82, 2.24) is 9.47 Å². The van der Waals surface area contributed by atoms with Gasteiger partial charge in [-0.15, -0.1) is 11.8 Å². The number of fused-ring (bicyclic) bond motifs is 1. The van der Waals surface area contributed by atoms with Crippen molar-refractivity contribution < 1.29 is 9.59 Å². The zero-order chi connectivity index (χ0) is 18.5. The number of rotatable bonds is 5. The Labute approximate surface area is 162 Å². The number of aryl methyl sites for hydroxylation is 1. The van der Waals surface area contributed by atoms with Crippen LogP contribution in [0.15, 0.2) is 29.3 Å². The Hall–Kier alpha value is -1.60. The van der Waals surface area contributed by atoms with Crippen molar-refractivity contribution in [2.45, 2.75) is 33.2 Å². The minimum Gasteiger partial charge on any atom is -0.342 e. The first-order valence-electron chi connectivity index (χ1n) is 9.10. The first-order valence-corrected chi connectivity index (χ1v) is 11.1. The van der Waals surface area contributed by atoms with Gasteiger partial charge in [0.15, 0.2) is 4.80 Å². The van der Waals surface area contributed by atoms with Crippen LogP contribution in [0.1, 0.15) is 26.7 Å². The Morgan fingerprint density at radius 2 is 2.12 bits per heavy atom. The number of hydrogen-bond donors (Lipinski definition) is 0. The standard InChI is InChI=1S/C19H25N3O2S2/c1-3-22-15-8-4-5-9-16(15)26-19(22)20-17(23)12-25-13-18(24)21-10-6-7-14(2)11-21/h4-5,8-9,14H,3,6-7,10-13H2,1-2H3. The number of thioether (sulfide) groups is 1. The van der Waals surface area contributed by atoms with Gasteiger partial charge in [-0.05, 0) is 37.8 Å². The summed E-state index contributed by atoms with van der Waals surface area (Å²) >= 11 is 2.90. The molecule has 2 heterocycles. The van der Waals surface area contributed by atoms with Crippen molar-refractivity contribution in [2.75, 3.05) is 24.6 Å². The summed E-state index contributed by atoms with van der Waals surface area (Å²) in [5.41, 5.74) is 1.11. The summed E-state index contributed by atoms with van der Waals surface area (Å²) in [6, 6.07) is 8.08. The average molecular weight is 392 g/mol. The zero-order valence-electron chi connectivity index (χ0n) is 15.3. The van der Waals surface area contributed by atoms with Gasteiger partial charge in [-0.1, -0.05) is 30.4 Å². The second-order valence-corrected chi connectivity index (χ2v) is 8.68. The van der Waals surface area contributed by atoms with Crippen LogP contribution < -0.4 is 4.80 Å². The maximum atomic E-state index is 12.3. The monoisotopic (exact) mass is 391 g/mol. The predicted molar refractivity (Wildman–Crippen MR) is 108 cm³/mol. The molecule has 1 atom stereocenters. The normalized spacial score (nSPS) is 18.5. The minimum atomic E-state index is -0.177. The lowest BCUT2D eigenvalue weighted by Crippen LogP contribution is -2.40. The fourth-order valence-electron chi connectivity index (χ4n) is 3.28. The number of amides is 2. The molecule has 1 aromatic carbocycles. The number of carbonyl (C=O) groups excluding carboxylic acids is 2. The van der Waals surface area contributed by atoms with Gasteiger partial charge in [0, 0.05) is 19.6 Å². The molecule has 1 aliphatic rings. The molecule has 0 spiro atoms. The van der Waals surface area contributed by atoms with Crippen LogP contribution in [-0.4, -0.2) is 45.9 Å². The van der Waals surface area contributed by atoms with E-state index >= 15 is 0 Å². The molecule has 1 unspecified atom stereocenters. The number of aromatic nitrogens is 1. The molecule has 3 rings (SSSR count). The first kappa shape index (κ1) is 19.2. The lowest BCUT2D eigenvalue weighted by molar-refractivity contribution is -0.130. The molecule has 0 N–H and O–H groups in total. The number of likely N-dealkylation sites (tertiary alicyclic amines) is 1. The summed E-state index contributed by atoms with van der Waals surface area (Å²) in [4.78, 5) is 31.5. The van der Waals surface area contributed by atoms with Crippen LogP contribution in [0.4, 0.5) is 0 Å². The largest absolute Gasteiger partial charge is 0.342 e. The third kappa shape index (κ3) is 4.57. The van der Waals surface area contributed by atoms with E-state index in [4.69, 9.17) is 0 Å². The highest BCUT2D eigenvalue weighted by molar-refractivity contribution is 8.00. The fourth-order valence-corrected chi connectivity index (χ4v) is 5.09. The van der Waals surface area contributed by atoms with E-state index in [1.54, 1.807) is 0 Å². The van der Waals surface area contributed by atoms with E-state index in [1.807, 2.05) is 29.2 Å². The number of piperidine rings is 1. The van der Waals surface area contributed by atoms with Gasteiger partial charge < -0.3 is 9.47 Å². The Bertz CT molecular complexity index is 856. The summed E-state index contributed by atoms with van der Waals surface area (Å²) in [7, 11) is 0. The molecule has 0 bridgehead atoms. The molecule has 0 aliphatic carbocycles. The fraction of sp³-hybridized carbons (Fsp3) is 0.526. The van der Waals surface area contributed by atoms with Crippen LogP contribution in [0, 0.1) is 5.92 Å². The molecule has 0 saturated carbocycles. The third-order valence-corrected chi connectivity index (χ3v) is 6.55. The summed E-state index contributed by atoms with van der Waals surface area (Å²) < 4.78 is 3.19. The Morgan fingerprint density at radius 1 is 1.31 bits per heavy atom. The van der Waals surface area contributed by atoms with Crippen molar-refractivity contribution in [3.05, 3.63) is 29.1 Å². The maximum Gasteiger partial charge on any atom is 0.258 e. The quantitative estimate of drug-likeness (QED) is 0.787. The molecule has 7 heteroatoms. The van der Waals surface area contributed by atoms with Crippen LogP contribution in [0.25, 0.3) is 10.2 Å². The second-order valence-electron chi connectivity index (χ2n) is 6.68. The van der Waals surface area contributed by atoms with E-state index in [0.29, 0.717) is 11.7 Å². The molecule has 1 aromatic heterocycles. The summed E-state index contributed by atoms with van der Waals surface area (Å²) in [5.74, 6) is 1.14. The number of nitrogens with zero attached hydrogens (tertiary/aromatic N) is 3. The van der Waals surface area contributed by atoms with E-state index < -0.39 is 0 Å². The highest BCUT2D eigenvalue weighted by Gasteiger charge is 2.20. The van der Waals surface area contributed by atoms with E-state index in [-0.39, 0.29) is 17.6 Å². The molecule has 1 fully saturated rings. The van der Waals surface area contributed by atoms with Crippen LogP contribution in [0.2, 0.25) is 0 Å². The average Bonchev–Trinajstić information content (AvgIpc) is 2.98. The predicted octanol–water partition coefficient (Wildman–Crippen LogP) is 3.14. The van der Waals surface area contributed by atoms with Crippen molar-refractivity contribution in [3.8, 4) is 0 Å². The van der Waals surface area contributed by atoms with E-state index in [2.05, 4.69) is 23.4 Å². The van der Waals surface area contributed by atoms with Crippen LogP contribution >= 0.6 is 23.1 Å². The summed E-state index contributed by atoms with van der Waals surface area (Å²) in [5, 5.41) is 0. The van der Waals surface area contributed by atoms with Gasteiger partial charge in [-0.25, -0.2) is 0 Å². The summed E-state index contributed by atoms with van der Waals surface area (Å²) in [6.45, 7) is 6.70. The van der Waals surface area contributed by atoms with Crippen molar-refractivity contribution in [1.29, 1.82) is 0 Å². The van der Waals surface area contributed by atoms with E-state index in [1.165, 1.54) is 29.5 Å². The minimum absolute atomic E-state index is 0.139.